The predicted molar refractivity (Wildman–Crippen MR) is 92.7 cm³/mol. The van der Waals surface area contributed by atoms with Crippen LogP contribution < -0.4 is 5.32 Å². The van der Waals surface area contributed by atoms with Gasteiger partial charge in [-0.15, -0.1) is 0 Å². The summed E-state index contributed by atoms with van der Waals surface area (Å²) in [6, 6.07) is 8.12. The van der Waals surface area contributed by atoms with Crippen molar-refractivity contribution in [2.75, 3.05) is 0 Å². The number of benzene rings is 1. The van der Waals surface area contributed by atoms with Crippen LogP contribution in [0.2, 0.25) is 0 Å². The number of amides is 1. The van der Waals surface area contributed by atoms with Gasteiger partial charge in [-0.1, -0.05) is 23.4 Å². The van der Waals surface area contributed by atoms with Gasteiger partial charge in [-0.2, -0.15) is 5.10 Å². The minimum absolute atomic E-state index is 0.147. The number of hydrogen-bond acceptors (Lipinski definition) is 4. The lowest BCUT2D eigenvalue weighted by molar-refractivity contribution is 0.0944. The second-order valence-corrected chi connectivity index (χ2v) is 6.43. The Bertz CT molecular complexity index is 939. The lowest BCUT2D eigenvalue weighted by Crippen LogP contribution is -2.24. The summed E-state index contributed by atoms with van der Waals surface area (Å²) < 4.78 is 6.85. The third-order valence-electron chi connectivity index (χ3n) is 4.78. The smallest absolute Gasteiger partial charge is 0.272 e. The molecule has 2 aromatic heterocycles. The number of rotatable bonds is 4. The van der Waals surface area contributed by atoms with Gasteiger partial charge in [0.15, 0.2) is 5.69 Å². The molecule has 0 radical (unpaired) electrons. The van der Waals surface area contributed by atoms with Gasteiger partial charge in [-0.3, -0.25) is 4.79 Å². The zero-order valence-corrected chi connectivity index (χ0v) is 14.4. The average Bonchev–Trinajstić information content (AvgIpc) is 3.30. The Morgan fingerprint density at radius 3 is 2.88 bits per heavy atom. The molecule has 1 aliphatic rings. The van der Waals surface area contributed by atoms with E-state index >= 15 is 0 Å². The Labute approximate surface area is 145 Å². The monoisotopic (exact) mass is 336 g/mol. The molecule has 0 saturated carbocycles. The topological polar surface area (TPSA) is 73.0 Å². The van der Waals surface area contributed by atoms with Crippen LogP contribution in [0.1, 0.15) is 45.0 Å². The van der Waals surface area contributed by atoms with Crippen molar-refractivity contribution >= 4 is 5.91 Å². The minimum atomic E-state index is -0.147. The maximum absolute atomic E-state index is 12.7. The van der Waals surface area contributed by atoms with Crippen molar-refractivity contribution in [3.63, 3.8) is 0 Å². The highest BCUT2D eigenvalue weighted by molar-refractivity contribution is 5.94. The van der Waals surface area contributed by atoms with Crippen molar-refractivity contribution in [1.82, 2.24) is 20.3 Å². The predicted octanol–water partition coefficient (Wildman–Crippen LogP) is 2.90. The molecule has 3 aromatic rings. The van der Waals surface area contributed by atoms with Crippen LogP contribution in [0, 0.1) is 13.8 Å². The summed E-state index contributed by atoms with van der Waals surface area (Å²) in [4.78, 5) is 12.7. The summed E-state index contributed by atoms with van der Waals surface area (Å²) in [6.07, 6.45) is 4.47. The van der Waals surface area contributed by atoms with Gasteiger partial charge in [-0.25, -0.2) is 4.68 Å². The molecule has 1 aromatic carbocycles. The van der Waals surface area contributed by atoms with E-state index in [9.17, 15) is 4.79 Å². The fraction of sp³-hybridized carbons (Fsp3) is 0.316. The normalized spacial score (nSPS) is 13.0. The molecular weight excluding hydrogens is 316 g/mol. The van der Waals surface area contributed by atoms with E-state index in [0.29, 0.717) is 12.2 Å². The van der Waals surface area contributed by atoms with Gasteiger partial charge in [-0.05, 0) is 44.7 Å². The Hall–Kier alpha value is -2.89. The molecule has 128 valence electrons. The number of aryl methyl sites for hydroxylation is 2. The van der Waals surface area contributed by atoms with E-state index in [2.05, 4.69) is 28.6 Å². The molecule has 1 N–H and O–H groups in total. The highest BCUT2D eigenvalue weighted by atomic mass is 16.5. The largest absolute Gasteiger partial charge is 0.364 e. The van der Waals surface area contributed by atoms with Crippen LogP contribution in [-0.2, 0) is 19.4 Å². The number of nitrogens with zero attached hydrogens (tertiary/aromatic N) is 3. The molecule has 6 heteroatoms. The Balaban J connectivity index is 1.64. The molecule has 0 spiro atoms. The molecule has 0 atom stereocenters. The van der Waals surface area contributed by atoms with E-state index in [1.807, 2.05) is 29.8 Å². The number of hydrogen-bond donors (Lipinski definition) is 1. The molecule has 25 heavy (non-hydrogen) atoms. The fourth-order valence-corrected chi connectivity index (χ4v) is 3.36. The van der Waals surface area contributed by atoms with E-state index in [1.54, 1.807) is 6.26 Å². The van der Waals surface area contributed by atoms with Crippen molar-refractivity contribution in [1.29, 1.82) is 0 Å². The van der Waals surface area contributed by atoms with Crippen molar-refractivity contribution in [2.24, 2.45) is 0 Å². The molecule has 6 nitrogen and oxygen atoms in total. The van der Waals surface area contributed by atoms with Crippen LogP contribution in [0.4, 0.5) is 0 Å². The quantitative estimate of drug-likeness (QED) is 0.795. The summed E-state index contributed by atoms with van der Waals surface area (Å²) in [5, 5.41) is 11.4. The van der Waals surface area contributed by atoms with Gasteiger partial charge in [0.25, 0.3) is 5.91 Å². The van der Waals surface area contributed by atoms with Crippen LogP contribution in [0.15, 0.2) is 35.1 Å². The first-order valence-corrected chi connectivity index (χ1v) is 8.50. The van der Waals surface area contributed by atoms with Crippen LogP contribution >= 0.6 is 0 Å². The van der Waals surface area contributed by atoms with E-state index in [4.69, 9.17) is 4.52 Å². The SMILES string of the molecule is Cc1ccccc1-n1nc(C(=O)NCc2conc2C)c2c1CCC2. The van der Waals surface area contributed by atoms with Crippen LogP contribution in [-0.4, -0.2) is 20.8 Å². The first-order chi connectivity index (χ1) is 12.1. The van der Waals surface area contributed by atoms with Crippen molar-refractivity contribution in [3.05, 3.63) is 64.3 Å². The highest BCUT2D eigenvalue weighted by Gasteiger charge is 2.27. The Morgan fingerprint density at radius 1 is 1.28 bits per heavy atom. The van der Waals surface area contributed by atoms with E-state index in [0.717, 1.165) is 53.0 Å². The zero-order chi connectivity index (χ0) is 17.4. The molecule has 0 saturated heterocycles. The first kappa shape index (κ1) is 15.6. The molecule has 2 heterocycles. The third-order valence-corrected chi connectivity index (χ3v) is 4.78. The van der Waals surface area contributed by atoms with Gasteiger partial charge in [0.1, 0.15) is 6.26 Å². The summed E-state index contributed by atoms with van der Waals surface area (Å²) in [5.41, 5.74) is 6.61. The average molecular weight is 336 g/mol. The Kier molecular flexibility index (Phi) is 3.87. The standard InChI is InChI=1S/C19H20N4O2/c1-12-6-3-4-8-16(12)23-17-9-5-7-15(17)18(21-23)19(24)20-10-14-11-25-22-13(14)2/h3-4,6,8,11H,5,7,9-10H2,1-2H3,(H,20,24). The lowest BCUT2D eigenvalue weighted by atomic mass is 10.1. The summed E-state index contributed by atoms with van der Waals surface area (Å²) in [5.74, 6) is -0.147. The molecule has 0 bridgehead atoms. The van der Waals surface area contributed by atoms with Crippen molar-refractivity contribution in [2.45, 2.75) is 39.7 Å². The lowest BCUT2D eigenvalue weighted by Gasteiger charge is -2.08. The number of aromatic nitrogens is 3. The number of fused-ring (bicyclic) bond motifs is 1. The first-order valence-electron chi connectivity index (χ1n) is 8.50. The maximum Gasteiger partial charge on any atom is 0.272 e. The van der Waals surface area contributed by atoms with Gasteiger partial charge < -0.3 is 9.84 Å². The van der Waals surface area contributed by atoms with Crippen molar-refractivity contribution < 1.29 is 9.32 Å². The minimum Gasteiger partial charge on any atom is -0.364 e. The van der Waals surface area contributed by atoms with E-state index in [-0.39, 0.29) is 5.91 Å². The molecule has 4 rings (SSSR count). The zero-order valence-electron chi connectivity index (χ0n) is 14.4. The number of para-hydroxylation sites is 1. The van der Waals surface area contributed by atoms with Gasteiger partial charge >= 0.3 is 0 Å². The maximum atomic E-state index is 12.7. The molecule has 0 fully saturated rings. The van der Waals surface area contributed by atoms with Gasteiger partial charge in [0.2, 0.25) is 0 Å². The fourth-order valence-electron chi connectivity index (χ4n) is 3.36. The molecule has 1 amide bonds. The number of carbonyl (C=O) groups is 1. The second kappa shape index (κ2) is 6.20. The molecule has 0 unspecified atom stereocenters. The van der Waals surface area contributed by atoms with Gasteiger partial charge in [0.05, 0.1) is 11.4 Å². The third kappa shape index (κ3) is 2.73. The van der Waals surface area contributed by atoms with Crippen LogP contribution in [0.3, 0.4) is 0 Å². The second-order valence-electron chi connectivity index (χ2n) is 6.43. The van der Waals surface area contributed by atoms with Crippen LogP contribution in [0.25, 0.3) is 5.69 Å². The summed E-state index contributed by atoms with van der Waals surface area (Å²) in [6.45, 7) is 4.31. The van der Waals surface area contributed by atoms with Crippen molar-refractivity contribution in [3.8, 4) is 5.69 Å². The molecule has 1 aliphatic carbocycles. The summed E-state index contributed by atoms with van der Waals surface area (Å²) >= 11 is 0. The Morgan fingerprint density at radius 2 is 2.12 bits per heavy atom. The highest BCUT2D eigenvalue weighted by Crippen LogP contribution is 2.28. The van der Waals surface area contributed by atoms with Crippen LogP contribution in [0.5, 0.6) is 0 Å². The number of carbonyl (C=O) groups excluding carboxylic acids is 1. The molecule has 0 aliphatic heterocycles. The molecular formula is C19H20N4O2. The van der Waals surface area contributed by atoms with E-state index in [1.165, 1.54) is 0 Å². The van der Waals surface area contributed by atoms with E-state index < -0.39 is 0 Å². The van der Waals surface area contributed by atoms with Gasteiger partial charge in [0, 0.05) is 23.4 Å². The number of nitrogens with one attached hydrogen (secondary N) is 1. The summed E-state index contributed by atoms with van der Waals surface area (Å²) in [7, 11) is 0.